The van der Waals surface area contributed by atoms with Crippen LogP contribution < -0.4 is 0 Å². The van der Waals surface area contributed by atoms with Crippen LogP contribution in [0.15, 0.2) is 42.7 Å². The lowest BCUT2D eigenvalue weighted by Crippen LogP contribution is -2.29. The molecule has 1 aromatic carbocycles. The van der Waals surface area contributed by atoms with Gasteiger partial charge in [0.15, 0.2) is 0 Å². The van der Waals surface area contributed by atoms with Crippen LogP contribution in [-0.4, -0.2) is 0 Å². The molecule has 0 saturated heterocycles. The molecule has 1 heteroatoms. The summed E-state index contributed by atoms with van der Waals surface area (Å²) in [6.45, 7) is 2.14. The van der Waals surface area contributed by atoms with Crippen molar-refractivity contribution in [1.29, 1.82) is 0 Å². The van der Waals surface area contributed by atoms with Crippen molar-refractivity contribution in [2.24, 2.45) is 11.8 Å². The van der Waals surface area contributed by atoms with Crippen molar-refractivity contribution in [3.8, 4) is 0 Å². The second kappa shape index (κ2) is 5.29. The lowest BCUT2D eigenvalue weighted by atomic mass is 9.64. The Hall–Kier alpha value is -1.11. The Morgan fingerprint density at radius 3 is 2.56 bits per heavy atom. The highest BCUT2D eigenvalue weighted by atomic mass is 19.1. The Bertz CT molecular complexity index is 342. The summed E-state index contributed by atoms with van der Waals surface area (Å²) in [5.41, 5.74) is 1.42. The highest BCUT2D eigenvalue weighted by molar-refractivity contribution is 5.23. The van der Waals surface area contributed by atoms with Crippen molar-refractivity contribution in [3.63, 3.8) is 0 Å². The van der Waals surface area contributed by atoms with Crippen LogP contribution in [0, 0.1) is 11.8 Å². The number of hydrogen-bond donors (Lipinski definition) is 0. The van der Waals surface area contributed by atoms with Gasteiger partial charge in [-0.3, -0.25) is 0 Å². The minimum atomic E-state index is 0.406. The van der Waals surface area contributed by atoms with Crippen LogP contribution >= 0.6 is 0 Å². The molecule has 3 atom stereocenters. The van der Waals surface area contributed by atoms with Crippen molar-refractivity contribution in [2.75, 3.05) is 0 Å². The monoisotopic (exact) mass is 218 g/mol. The zero-order chi connectivity index (χ0) is 11.4. The maximum absolute atomic E-state index is 12.3. The van der Waals surface area contributed by atoms with Crippen LogP contribution in [0.25, 0.3) is 0 Å². The van der Waals surface area contributed by atoms with E-state index >= 15 is 0 Å². The smallest absolute Gasteiger partial charge is 0.0829 e. The molecular weight excluding hydrogens is 199 g/mol. The number of halogens is 1. The van der Waals surface area contributed by atoms with E-state index in [1.807, 2.05) is 0 Å². The Morgan fingerprint density at radius 2 is 2.06 bits per heavy atom. The van der Waals surface area contributed by atoms with Gasteiger partial charge in [0.1, 0.15) is 0 Å². The minimum Gasteiger partial charge on any atom is -0.216 e. The van der Waals surface area contributed by atoms with E-state index in [0.717, 1.165) is 6.42 Å². The van der Waals surface area contributed by atoms with Gasteiger partial charge in [-0.1, -0.05) is 43.3 Å². The number of hydrogen-bond acceptors (Lipinski definition) is 0. The third kappa shape index (κ3) is 2.18. The Morgan fingerprint density at radius 1 is 1.31 bits per heavy atom. The number of rotatable bonds is 4. The molecule has 1 fully saturated rings. The first-order valence-corrected chi connectivity index (χ1v) is 6.18. The van der Waals surface area contributed by atoms with E-state index < -0.39 is 0 Å². The maximum Gasteiger partial charge on any atom is 0.0829 e. The summed E-state index contributed by atoms with van der Waals surface area (Å²) < 4.78 is 12.3. The van der Waals surface area contributed by atoms with E-state index in [9.17, 15) is 4.39 Å². The van der Waals surface area contributed by atoms with Gasteiger partial charge in [-0.25, -0.2) is 4.39 Å². The molecule has 0 amide bonds. The van der Waals surface area contributed by atoms with Gasteiger partial charge in [-0.15, -0.1) is 0 Å². The first kappa shape index (κ1) is 11.4. The lowest BCUT2D eigenvalue weighted by molar-refractivity contribution is 0.188. The van der Waals surface area contributed by atoms with Crippen LogP contribution in [0.4, 0.5) is 4.39 Å². The van der Waals surface area contributed by atoms with E-state index in [2.05, 4.69) is 37.3 Å². The predicted molar refractivity (Wildman–Crippen MR) is 65.9 cm³/mol. The van der Waals surface area contributed by atoms with Gasteiger partial charge in [0, 0.05) is 0 Å². The zero-order valence-electron chi connectivity index (χ0n) is 9.77. The van der Waals surface area contributed by atoms with Gasteiger partial charge < -0.3 is 0 Å². The lowest BCUT2D eigenvalue weighted by Gasteiger charge is -2.41. The molecule has 0 bridgehead atoms. The highest BCUT2D eigenvalue weighted by Crippen LogP contribution is 2.47. The summed E-state index contributed by atoms with van der Waals surface area (Å²) >= 11 is 0. The van der Waals surface area contributed by atoms with Gasteiger partial charge in [-0.2, -0.15) is 0 Å². The van der Waals surface area contributed by atoms with E-state index in [0.29, 0.717) is 24.1 Å². The first-order valence-electron chi connectivity index (χ1n) is 6.18. The Labute approximate surface area is 97.2 Å². The molecule has 1 aliphatic carbocycles. The van der Waals surface area contributed by atoms with E-state index in [-0.39, 0.29) is 0 Å². The normalized spacial score (nSPS) is 26.6. The topological polar surface area (TPSA) is 0 Å². The van der Waals surface area contributed by atoms with Crippen LogP contribution in [0.5, 0.6) is 0 Å². The fourth-order valence-electron chi connectivity index (χ4n) is 2.83. The third-order valence-corrected chi connectivity index (χ3v) is 3.90. The first-order chi connectivity index (χ1) is 7.86. The molecule has 1 aromatic rings. The average molecular weight is 218 g/mol. The SMILES string of the molecule is CCC(C=CF)C1CCC1c1ccccc1. The van der Waals surface area contributed by atoms with Crippen LogP contribution in [0.3, 0.4) is 0 Å². The summed E-state index contributed by atoms with van der Waals surface area (Å²) in [5, 5.41) is 0. The Balaban J connectivity index is 2.08. The van der Waals surface area contributed by atoms with Gasteiger partial charge in [0.2, 0.25) is 0 Å². The molecule has 0 N–H and O–H groups in total. The largest absolute Gasteiger partial charge is 0.216 e. The summed E-state index contributed by atoms with van der Waals surface area (Å²) in [6, 6.07) is 10.6. The molecule has 1 saturated carbocycles. The van der Waals surface area contributed by atoms with E-state index in [1.165, 1.54) is 18.4 Å². The molecule has 16 heavy (non-hydrogen) atoms. The summed E-state index contributed by atoms with van der Waals surface area (Å²) in [6.07, 6.45) is 5.98. The van der Waals surface area contributed by atoms with Gasteiger partial charge >= 0.3 is 0 Å². The van der Waals surface area contributed by atoms with Gasteiger partial charge in [0.25, 0.3) is 0 Å². The average Bonchev–Trinajstić information content (AvgIpc) is 2.28. The van der Waals surface area contributed by atoms with Crippen LogP contribution in [0.2, 0.25) is 0 Å². The molecule has 0 aliphatic heterocycles. The van der Waals surface area contributed by atoms with Gasteiger partial charge in [0.05, 0.1) is 6.33 Å². The molecule has 0 nitrogen and oxygen atoms in total. The van der Waals surface area contributed by atoms with Crippen molar-refractivity contribution >= 4 is 0 Å². The Kier molecular flexibility index (Phi) is 3.76. The van der Waals surface area contributed by atoms with Crippen molar-refractivity contribution in [1.82, 2.24) is 0 Å². The quantitative estimate of drug-likeness (QED) is 0.687. The maximum atomic E-state index is 12.3. The number of allylic oxidation sites excluding steroid dienone is 1. The molecule has 3 unspecified atom stereocenters. The second-order valence-corrected chi connectivity index (χ2v) is 4.65. The molecule has 2 rings (SSSR count). The standard InChI is InChI=1S/C15H19F/c1-2-12(10-11-16)14-8-9-15(14)13-6-4-3-5-7-13/h3-7,10-12,14-15H,2,8-9H2,1H3. The fourth-order valence-corrected chi connectivity index (χ4v) is 2.83. The molecule has 0 aromatic heterocycles. The predicted octanol–water partition coefficient (Wildman–Crippen LogP) is 4.69. The molecule has 86 valence electrons. The highest BCUT2D eigenvalue weighted by Gasteiger charge is 2.35. The summed E-state index contributed by atoms with van der Waals surface area (Å²) in [5.74, 6) is 1.69. The van der Waals surface area contributed by atoms with Gasteiger partial charge in [-0.05, 0) is 42.6 Å². The van der Waals surface area contributed by atoms with Crippen molar-refractivity contribution in [2.45, 2.75) is 32.1 Å². The van der Waals surface area contributed by atoms with Crippen molar-refractivity contribution in [3.05, 3.63) is 48.3 Å². The molecule has 0 heterocycles. The molecule has 0 spiro atoms. The zero-order valence-corrected chi connectivity index (χ0v) is 9.77. The van der Waals surface area contributed by atoms with Crippen molar-refractivity contribution < 1.29 is 4.39 Å². The fraction of sp³-hybridized carbons (Fsp3) is 0.467. The van der Waals surface area contributed by atoms with E-state index in [4.69, 9.17) is 0 Å². The summed E-state index contributed by atoms with van der Waals surface area (Å²) in [7, 11) is 0. The summed E-state index contributed by atoms with van der Waals surface area (Å²) in [4.78, 5) is 0. The number of benzene rings is 1. The molecule has 0 radical (unpaired) electrons. The third-order valence-electron chi connectivity index (χ3n) is 3.90. The van der Waals surface area contributed by atoms with Crippen LogP contribution in [0.1, 0.15) is 37.7 Å². The second-order valence-electron chi connectivity index (χ2n) is 4.65. The van der Waals surface area contributed by atoms with Crippen LogP contribution in [-0.2, 0) is 0 Å². The van der Waals surface area contributed by atoms with E-state index in [1.54, 1.807) is 6.08 Å². The molecule has 1 aliphatic rings. The molecular formula is C15H19F. The minimum absolute atomic E-state index is 0.406.